The van der Waals surface area contributed by atoms with E-state index in [1.54, 1.807) is 0 Å². The van der Waals surface area contributed by atoms with Gasteiger partial charge in [-0.3, -0.25) is 0 Å². The number of hydrogen-bond donors (Lipinski definition) is 0. The molecule has 0 heterocycles. The van der Waals surface area contributed by atoms with E-state index in [0.29, 0.717) is 6.61 Å². The van der Waals surface area contributed by atoms with E-state index in [1.165, 1.54) is 56.3 Å². The van der Waals surface area contributed by atoms with Crippen LogP contribution in [0, 0.1) is 0 Å². The van der Waals surface area contributed by atoms with Crippen molar-refractivity contribution in [1.29, 1.82) is 0 Å². The molecule has 2 nitrogen and oxygen atoms in total. The van der Waals surface area contributed by atoms with Crippen molar-refractivity contribution in [3.8, 4) is 0 Å². The summed E-state index contributed by atoms with van der Waals surface area (Å²) in [4.78, 5) is 11.9. The minimum atomic E-state index is -2.80. The third-order valence-corrected chi connectivity index (χ3v) is 7.36. The van der Waals surface area contributed by atoms with Crippen molar-refractivity contribution in [3.05, 3.63) is 0 Å². The molecule has 1 atom stereocenters. The van der Waals surface area contributed by atoms with Crippen LogP contribution in [-0.2, 0) is 37.4 Å². The van der Waals surface area contributed by atoms with Gasteiger partial charge in [0.15, 0.2) is 0 Å². The maximum Gasteiger partial charge on any atom is 0.0513 e. The second kappa shape index (κ2) is 17.0. The third kappa shape index (κ3) is 17.7. The fraction of sp³-hybridized carbons (Fsp3) is 1.00. The van der Waals surface area contributed by atoms with Gasteiger partial charge in [-0.25, -0.2) is 0 Å². The largest absolute Gasteiger partial charge is 0.793 e. The number of rotatable bonds is 14. The monoisotopic (exact) mass is 423 g/mol. The first kappa shape index (κ1) is 23.9. The van der Waals surface area contributed by atoms with E-state index in [2.05, 4.69) is 13.8 Å². The van der Waals surface area contributed by atoms with E-state index < -0.39 is 5.69 Å². The Hall–Kier alpha value is 1.61. The summed E-state index contributed by atoms with van der Waals surface area (Å²) >= 11 is 6.39. The average molecular weight is 421 g/mol. The second-order valence-electron chi connectivity index (χ2n) is 4.94. The van der Waals surface area contributed by atoms with E-state index >= 15 is 0 Å². The fourth-order valence-corrected chi connectivity index (χ4v) is 5.19. The van der Waals surface area contributed by atoms with Crippen molar-refractivity contribution < 1.29 is 30.5 Å². The van der Waals surface area contributed by atoms with E-state index in [-0.39, 0.29) is 21.1 Å². The van der Waals surface area contributed by atoms with Gasteiger partial charge in [-0.1, -0.05) is 77.0 Å². The first-order valence-corrected chi connectivity index (χ1v) is 12.0. The Bertz CT molecular complexity index is 223. The zero-order chi connectivity index (χ0) is 14.4. The van der Waals surface area contributed by atoms with Crippen molar-refractivity contribution in [1.82, 2.24) is 0 Å². The summed E-state index contributed by atoms with van der Waals surface area (Å²) in [5.41, 5.74) is -2.80. The van der Waals surface area contributed by atoms with Gasteiger partial charge in [0.05, 0.1) is 6.61 Å². The predicted molar refractivity (Wildman–Crippen MR) is 90.2 cm³/mol. The van der Waals surface area contributed by atoms with Crippen LogP contribution in [0.1, 0.15) is 78.1 Å². The Morgan fingerprint density at radius 2 is 1.40 bits per heavy atom. The van der Waals surface area contributed by atoms with Crippen molar-refractivity contribution in [2.45, 2.75) is 78.1 Å². The standard InChI is InChI=1S/C14H31O2PS2.Mo/c1-3-5-7-9-11-13-16-17(15,18)19-14-12-10-8-6-4-2;/h3-14H2,1-2H3,(H,15,18);/p-1. The molecule has 0 saturated heterocycles. The molecule has 0 spiro atoms. The zero-order valence-corrected chi connectivity index (χ0v) is 17.5. The summed E-state index contributed by atoms with van der Waals surface area (Å²) in [5.74, 6) is 0.875. The van der Waals surface area contributed by atoms with E-state index in [4.69, 9.17) is 16.3 Å². The topological polar surface area (TPSA) is 32.3 Å². The van der Waals surface area contributed by atoms with Crippen LogP contribution >= 0.6 is 17.1 Å². The predicted octanol–water partition coefficient (Wildman–Crippen LogP) is 5.26. The fourth-order valence-electron chi connectivity index (χ4n) is 1.80. The molecule has 20 heavy (non-hydrogen) atoms. The molecular formula is C14H30MoO2PS2-. The Balaban J connectivity index is 0. The molecule has 0 rings (SSSR count). The third-order valence-electron chi connectivity index (χ3n) is 2.99. The van der Waals surface area contributed by atoms with Gasteiger partial charge < -0.3 is 9.42 Å². The molecule has 122 valence electrons. The molecule has 0 aliphatic heterocycles. The molecule has 0 saturated carbocycles. The normalized spacial score (nSPS) is 13.8. The molecule has 0 fully saturated rings. The summed E-state index contributed by atoms with van der Waals surface area (Å²) in [5, 5.41) is 0. The second-order valence-corrected chi connectivity index (χ2v) is 11.1. The summed E-state index contributed by atoms with van der Waals surface area (Å²) in [6.07, 6.45) is 12.1. The molecular weight excluding hydrogens is 391 g/mol. The van der Waals surface area contributed by atoms with Gasteiger partial charge in [0.25, 0.3) is 0 Å². The van der Waals surface area contributed by atoms with Crippen molar-refractivity contribution >= 4 is 28.9 Å². The van der Waals surface area contributed by atoms with Crippen LogP contribution in [0.3, 0.4) is 0 Å². The molecule has 0 N–H and O–H groups in total. The van der Waals surface area contributed by atoms with Crippen molar-refractivity contribution in [3.63, 3.8) is 0 Å². The van der Waals surface area contributed by atoms with Crippen LogP contribution in [0.4, 0.5) is 0 Å². The molecule has 0 aromatic rings. The van der Waals surface area contributed by atoms with Crippen LogP contribution in [0.5, 0.6) is 0 Å². The van der Waals surface area contributed by atoms with Crippen LogP contribution in [0.25, 0.3) is 0 Å². The number of hydrogen-bond acceptors (Lipinski definition) is 4. The molecule has 0 amide bonds. The van der Waals surface area contributed by atoms with E-state index in [9.17, 15) is 4.89 Å². The average Bonchev–Trinajstić information content (AvgIpc) is 2.38. The summed E-state index contributed by atoms with van der Waals surface area (Å²) in [6.45, 7) is 4.97. The molecule has 0 aliphatic carbocycles. The van der Waals surface area contributed by atoms with Gasteiger partial charge in [0, 0.05) is 26.8 Å². The van der Waals surface area contributed by atoms with Crippen LogP contribution < -0.4 is 4.89 Å². The van der Waals surface area contributed by atoms with Gasteiger partial charge in [-0.05, 0) is 18.6 Å². The minimum Gasteiger partial charge on any atom is -0.793 e. The zero-order valence-electron chi connectivity index (χ0n) is 13.0. The molecule has 0 aromatic heterocycles. The number of unbranched alkanes of at least 4 members (excludes halogenated alkanes) is 8. The van der Waals surface area contributed by atoms with Gasteiger partial charge in [-0.15, -0.1) is 11.4 Å². The Morgan fingerprint density at radius 1 is 0.900 bits per heavy atom. The molecule has 0 aromatic carbocycles. The van der Waals surface area contributed by atoms with Crippen molar-refractivity contribution in [2.75, 3.05) is 12.4 Å². The van der Waals surface area contributed by atoms with Gasteiger partial charge in [0.2, 0.25) is 0 Å². The summed E-state index contributed by atoms with van der Waals surface area (Å²) in [7, 11) is 0. The molecule has 0 aliphatic rings. The maximum absolute atomic E-state index is 11.9. The SMILES string of the molecule is CCCCCCCOP([O-])(=S)SCCCCCCC.[Mo]. The molecule has 1 unspecified atom stereocenters. The molecule has 0 radical (unpaired) electrons. The summed E-state index contributed by atoms with van der Waals surface area (Å²) < 4.78 is 5.37. The summed E-state index contributed by atoms with van der Waals surface area (Å²) in [6, 6.07) is 0. The van der Waals surface area contributed by atoms with Crippen LogP contribution in [-0.4, -0.2) is 12.4 Å². The Labute approximate surface area is 149 Å². The van der Waals surface area contributed by atoms with Crippen LogP contribution in [0.2, 0.25) is 0 Å². The minimum absolute atomic E-state index is 0. The smallest absolute Gasteiger partial charge is 0.0513 e. The Kier molecular flexibility index (Phi) is 20.3. The van der Waals surface area contributed by atoms with E-state index in [0.717, 1.165) is 25.0 Å². The molecule has 6 heteroatoms. The van der Waals surface area contributed by atoms with E-state index in [1.807, 2.05) is 0 Å². The van der Waals surface area contributed by atoms with Crippen LogP contribution in [0.15, 0.2) is 0 Å². The first-order valence-electron chi connectivity index (χ1n) is 7.72. The quantitative estimate of drug-likeness (QED) is 0.218. The van der Waals surface area contributed by atoms with Gasteiger partial charge >= 0.3 is 0 Å². The first-order chi connectivity index (χ1) is 9.12. The van der Waals surface area contributed by atoms with Gasteiger partial charge in [0.1, 0.15) is 0 Å². The van der Waals surface area contributed by atoms with Crippen molar-refractivity contribution in [2.24, 2.45) is 0 Å². The Morgan fingerprint density at radius 3 is 1.95 bits per heavy atom. The maximum atomic E-state index is 11.9. The molecule has 0 bridgehead atoms. The van der Waals surface area contributed by atoms with Gasteiger partial charge in [-0.2, -0.15) is 0 Å².